The molecule has 1 aliphatic rings. The van der Waals surface area contributed by atoms with E-state index in [-0.39, 0.29) is 5.91 Å². The van der Waals surface area contributed by atoms with Crippen molar-refractivity contribution in [2.45, 2.75) is 6.54 Å². The highest BCUT2D eigenvalue weighted by Crippen LogP contribution is 2.30. The Kier molecular flexibility index (Phi) is 4.05. The van der Waals surface area contributed by atoms with Crippen LogP contribution in [0.25, 0.3) is 0 Å². The van der Waals surface area contributed by atoms with Gasteiger partial charge in [-0.25, -0.2) is 0 Å². The Labute approximate surface area is 128 Å². The van der Waals surface area contributed by atoms with Gasteiger partial charge < -0.3 is 14.8 Å². The molecule has 0 unspecified atom stereocenters. The summed E-state index contributed by atoms with van der Waals surface area (Å²) in [6, 6.07) is 12.8. The van der Waals surface area contributed by atoms with Gasteiger partial charge in [-0.15, -0.1) is 0 Å². The third-order valence-electron chi connectivity index (χ3n) is 3.35. The number of amides is 1. The van der Waals surface area contributed by atoms with Gasteiger partial charge in [-0.1, -0.05) is 12.1 Å². The van der Waals surface area contributed by atoms with Crippen LogP contribution in [-0.2, 0) is 6.54 Å². The highest BCUT2D eigenvalue weighted by molar-refractivity contribution is 5.95. The number of hydrogen-bond donors (Lipinski definition) is 1. The van der Waals surface area contributed by atoms with Crippen molar-refractivity contribution in [3.05, 3.63) is 53.6 Å². The third-order valence-corrected chi connectivity index (χ3v) is 3.35. The number of benzene rings is 2. The lowest BCUT2D eigenvalue weighted by atomic mass is 10.1. The summed E-state index contributed by atoms with van der Waals surface area (Å²) in [6.07, 6.45) is 1.70. The van der Waals surface area contributed by atoms with Crippen molar-refractivity contribution < 1.29 is 14.3 Å². The van der Waals surface area contributed by atoms with Crippen molar-refractivity contribution in [3.8, 4) is 11.5 Å². The number of hydrogen-bond acceptors (Lipinski definition) is 4. The van der Waals surface area contributed by atoms with E-state index in [2.05, 4.69) is 10.3 Å². The monoisotopic (exact) mass is 296 g/mol. The van der Waals surface area contributed by atoms with E-state index in [1.165, 1.54) is 0 Å². The van der Waals surface area contributed by atoms with Gasteiger partial charge in [0.15, 0.2) is 0 Å². The van der Waals surface area contributed by atoms with E-state index in [1.807, 2.05) is 24.3 Å². The summed E-state index contributed by atoms with van der Waals surface area (Å²) in [7, 11) is 1.62. The van der Waals surface area contributed by atoms with Crippen LogP contribution < -0.4 is 14.8 Å². The molecule has 0 atom stereocenters. The molecule has 3 rings (SSSR count). The highest BCUT2D eigenvalue weighted by atomic mass is 16.5. The lowest BCUT2D eigenvalue weighted by molar-refractivity contribution is 0.0950. The van der Waals surface area contributed by atoms with Gasteiger partial charge in [0.2, 0.25) is 0 Å². The lowest BCUT2D eigenvalue weighted by Gasteiger charge is -2.13. The normalized spacial score (nSPS) is 12.2. The van der Waals surface area contributed by atoms with Crippen LogP contribution in [0.2, 0.25) is 0 Å². The molecule has 0 aromatic heterocycles. The van der Waals surface area contributed by atoms with E-state index < -0.39 is 0 Å². The Bertz CT molecular complexity index is 726. The van der Waals surface area contributed by atoms with Crippen molar-refractivity contribution in [2.24, 2.45) is 4.99 Å². The molecule has 22 heavy (non-hydrogen) atoms. The van der Waals surface area contributed by atoms with E-state index in [0.29, 0.717) is 24.5 Å². The summed E-state index contributed by atoms with van der Waals surface area (Å²) in [5.41, 5.74) is 2.28. The number of nitrogens with one attached hydrogen (secondary N) is 1. The van der Waals surface area contributed by atoms with Crippen molar-refractivity contribution in [2.75, 3.05) is 13.7 Å². The Morgan fingerprint density at radius 2 is 2.23 bits per heavy atom. The van der Waals surface area contributed by atoms with E-state index in [4.69, 9.17) is 9.47 Å². The van der Waals surface area contributed by atoms with Gasteiger partial charge in [-0.05, 0) is 35.9 Å². The van der Waals surface area contributed by atoms with Gasteiger partial charge in [-0.2, -0.15) is 0 Å². The first kappa shape index (κ1) is 14.1. The quantitative estimate of drug-likeness (QED) is 0.943. The average Bonchev–Trinajstić information content (AvgIpc) is 2.59. The minimum Gasteiger partial charge on any atom is -0.497 e. The number of rotatable bonds is 4. The molecule has 0 saturated heterocycles. The minimum absolute atomic E-state index is 0.149. The van der Waals surface area contributed by atoms with E-state index >= 15 is 0 Å². The van der Waals surface area contributed by atoms with Gasteiger partial charge in [-0.3, -0.25) is 9.79 Å². The summed E-state index contributed by atoms with van der Waals surface area (Å²) in [5, 5.41) is 2.88. The maximum absolute atomic E-state index is 12.2. The molecule has 1 N–H and O–H groups in total. The van der Waals surface area contributed by atoms with E-state index in [1.54, 1.807) is 31.5 Å². The third kappa shape index (κ3) is 3.09. The smallest absolute Gasteiger partial charge is 0.251 e. The molecule has 112 valence electrons. The van der Waals surface area contributed by atoms with Crippen LogP contribution in [-0.4, -0.2) is 25.8 Å². The zero-order chi connectivity index (χ0) is 15.4. The molecule has 0 spiro atoms. The molecule has 5 heteroatoms. The van der Waals surface area contributed by atoms with Crippen LogP contribution in [0.3, 0.4) is 0 Å². The minimum atomic E-state index is -0.149. The summed E-state index contributed by atoms with van der Waals surface area (Å²) < 4.78 is 10.6. The second-order valence-corrected chi connectivity index (χ2v) is 4.84. The molecule has 2 aromatic rings. The van der Waals surface area contributed by atoms with Crippen LogP contribution in [0.4, 0.5) is 5.69 Å². The molecule has 5 nitrogen and oxygen atoms in total. The highest BCUT2D eigenvalue weighted by Gasteiger charge is 2.12. The van der Waals surface area contributed by atoms with Crippen molar-refractivity contribution in [3.63, 3.8) is 0 Å². The molecule has 0 bridgehead atoms. The van der Waals surface area contributed by atoms with Gasteiger partial charge in [0.05, 0.1) is 7.11 Å². The van der Waals surface area contributed by atoms with Crippen molar-refractivity contribution in [1.29, 1.82) is 0 Å². The van der Waals surface area contributed by atoms with E-state index in [9.17, 15) is 4.79 Å². The Morgan fingerprint density at radius 1 is 1.32 bits per heavy atom. The first-order chi connectivity index (χ1) is 10.8. The standard InChI is InChI=1S/C17H16N2O3/c1-21-14-4-2-3-12(9-14)11-19-17(20)13-5-6-15-16(10-13)22-8-7-18-15/h2-7,9-10H,8,11H2,1H3,(H,19,20). The largest absolute Gasteiger partial charge is 0.497 e. The Morgan fingerprint density at radius 3 is 3.09 bits per heavy atom. The van der Waals surface area contributed by atoms with Gasteiger partial charge in [0.25, 0.3) is 5.91 Å². The summed E-state index contributed by atoms with van der Waals surface area (Å²) >= 11 is 0. The molecule has 1 aliphatic heterocycles. The lowest BCUT2D eigenvalue weighted by Crippen LogP contribution is -2.22. The topological polar surface area (TPSA) is 59.9 Å². The van der Waals surface area contributed by atoms with Gasteiger partial charge in [0, 0.05) is 18.3 Å². The van der Waals surface area contributed by atoms with Gasteiger partial charge >= 0.3 is 0 Å². The number of carbonyl (C=O) groups is 1. The molecular formula is C17H16N2O3. The average molecular weight is 296 g/mol. The number of fused-ring (bicyclic) bond motifs is 1. The van der Waals surface area contributed by atoms with E-state index in [0.717, 1.165) is 17.0 Å². The second-order valence-electron chi connectivity index (χ2n) is 4.84. The number of aliphatic imine (C=N–C) groups is 1. The van der Waals surface area contributed by atoms with Crippen LogP contribution in [0.15, 0.2) is 47.5 Å². The zero-order valence-electron chi connectivity index (χ0n) is 12.2. The molecule has 1 heterocycles. The predicted molar refractivity (Wildman–Crippen MR) is 84.3 cm³/mol. The summed E-state index contributed by atoms with van der Waals surface area (Å²) in [5.74, 6) is 1.26. The maximum Gasteiger partial charge on any atom is 0.251 e. The summed E-state index contributed by atoms with van der Waals surface area (Å²) in [6.45, 7) is 0.869. The fraction of sp³-hybridized carbons (Fsp3) is 0.176. The number of ether oxygens (including phenoxy) is 2. The second kappa shape index (κ2) is 6.30. The molecule has 0 saturated carbocycles. The Balaban J connectivity index is 1.68. The predicted octanol–water partition coefficient (Wildman–Crippen LogP) is 2.72. The fourth-order valence-corrected chi connectivity index (χ4v) is 2.21. The molecular weight excluding hydrogens is 280 g/mol. The first-order valence-electron chi connectivity index (χ1n) is 6.97. The zero-order valence-corrected chi connectivity index (χ0v) is 12.2. The number of carbonyl (C=O) groups excluding carboxylic acids is 1. The molecule has 0 radical (unpaired) electrons. The molecule has 0 fully saturated rings. The Hall–Kier alpha value is -2.82. The van der Waals surface area contributed by atoms with Crippen molar-refractivity contribution >= 4 is 17.8 Å². The van der Waals surface area contributed by atoms with Gasteiger partial charge in [0.1, 0.15) is 23.8 Å². The van der Waals surface area contributed by atoms with Crippen molar-refractivity contribution in [1.82, 2.24) is 5.32 Å². The SMILES string of the molecule is COc1cccc(CNC(=O)c2ccc3c(c2)OCC=N3)c1. The van der Waals surface area contributed by atoms with Crippen LogP contribution in [0, 0.1) is 0 Å². The maximum atomic E-state index is 12.2. The number of nitrogens with zero attached hydrogens (tertiary/aromatic N) is 1. The van der Waals surface area contributed by atoms with Crippen LogP contribution in [0.5, 0.6) is 11.5 Å². The first-order valence-corrected chi connectivity index (χ1v) is 6.97. The van der Waals surface area contributed by atoms with Crippen LogP contribution in [0.1, 0.15) is 15.9 Å². The van der Waals surface area contributed by atoms with Crippen LogP contribution >= 0.6 is 0 Å². The molecule has 1 amide bonds. The summed E-state index contributed by atoms with van der Waals surface area (Å²) in [4.78, 5) is 16.4. The fourth-order valence-electron chi connectivity index (χ4n) is 2.21. The molecule has 0 aliphatic carbocycles. The number of methoxy groups -OCH3 is 1. The molecule has 2 aromatic carbocycles.